The first-order valence-corrected chi connectivity index (χ1v) is 7.13. The van der Waals surface area contributed by atoms with Crippen LogP contribution < -0.4 is 5.32 Å². The molecule has 0 radical (unpaired) electrons. The molecule has 94 valence electrons. The fourth-order valence-electron chi connectivity index (χ4n) is 2.80. The van der Waals surface area contributed by atoms with Gasteiger partial charge in [0, 0.05) is 16.1 Å². The molecule has 1 saturated carbocycles. The Balaban J connectivity index is 2.16. The molecule has 1 unspecified atom stereocenters. The van der Waals surface area contributed by atoms with E-state index >= 15 is 0 Å². The molecule has 17 heavy (non-hydrogen) atoms. The molecule has 1 aliphatic rings. The summed E-state index contributed by atoms with van der Waals surface area (Å²) in [5, 5.41) is 3.26. The van der Waals surface area contributed by atoms with Crippen molar-refractivity contribution in [1.82, 2.24) is 5.32 Å². The molecule has 1 fully saturated rings. The van der Waals surface area contributed by atoms with Gasteiger partial charge >= 0.3 is 0 Å². The van der Waals surface area contributed by atoms with Crippen LogP contribution in [0.4, 0.5) is 4.39 Å². The maximum atomic E-state index is 13.9. The van der Waals surface area contributed by atoms with Crippen molar-refractivity contribution in [2.45, 2.75) is 38.1 Å². The Morgan fingerprint density at radius 3 is 2.71 bits per heavy atom. The second kappa shape index (κ2) is 5.96. The van der Waals surface area contributed by atoms with Crippen molar-refractivity contribution in [1.29, 1.82) is 0 Å². The van der Waals surface area contributed by atoms with Gasteiger partial charge in [-0.1, -0.05) is 47.7 Å². The number of rotatable bonds is 4. The minimum atomic E-state index is -0.114. The second-order valence-electron chi connectivity index (χ2n) is 4.86. The van der Waals surface area contributed by atoms with Crippen LogP contribution in [0, 0.1) is 11.7 Å². The topological polar surface area (TPSA) is 12.0 Å². The lowest BCUT2D eigenvalue weighted by Gasteiger charge is -2.22. The largest absolute Gasteiger partial charge is 0.313 e. The molecule has 3 heteroatoms. The third-order valence-corrected chi connectivity index (χ3v) is 4.43. The molecule has 1 atom stereocenters. The molecule has 0 saturated heterocycles. The zero-order valence-corrected chi connectivity index (χ0v) is 11.8. The second-order valence-corrected chi connectivity index (χ2v) is 5.72. The Kier molecular flexibility index (Phi) is 4.57. The molecule has 1 aromatic carbocycles. The number of benzene rings is 1. The number of hydrogen-bond acceptors (Lipinski definition) is 1. The summed E-state index contributed by atoms with van der Waals surface area (Å²) in [6.45, 7) is 0. The fourth-order valence-corrected chi connectivity index (χ4v) is 3.42. The Labute approximate surface area is 111 Å². The maximum Gasteiger partial charge on any atom is 0.129 e. The summed E-state index contributed by atoms with van der Waals surface area (Å²) >= 11 is 3.46. The predicted molar refractivity (Wildman–Crippen MR) is 72.5 cm³/mol. The normalized spacial score (nSPS) is 18.5. The smallest absolute Gasteiger partial charge is 0.129 e. The van der Waals surface area contributed by atoms with Gasteiger partial charge in [-0.3, -0.25) is 0 Å². The van der Waals surface area contributed by atoms with Crippen molar-refractivity contribution in [3.05, 3.63) is 34.1 Å². The molecule has 0 bridgehead atoms. The Morgan fingerprint density at radius 1 is 1.41 bits per heavy atom. The third kappa shape index (κ3) is 3.08. The first kappa shape index (κ1) is 13.0. The van der Waals surface area contributed by atoms with Crippen LogP contribution in [-0.4, -0.2) is 7.05 Å². The van der Waals surface area contributed by atoms with Crippen LogP contribution in [0.1, 0.15) is 43.7 Å². The summed E-state index contributed by atoms with van der Waals surface area (Å²) in [5.41, 5.74) is 0.780. The molecule has 1 N–H and O–H groups in total. The summed E-state index contributed by atoms with van der Waals surface area (Å²) in [7, 11) is 1.92. The first-order chi connectivity index (χ1) is 8.22. The van der Waals surface area contributed by atoms with E-state index in [1.54, 1.807) is 12.1 Å². The van der Waals surface area contributed by atoms with E-state index in [0.29, 0.717) is 0 Å². The molecule has 0 amide bonds. The van der Waals surface area contributed by atoms with Crippen LogP contribution in [0.3, 0.4) is 0 Å². The average molecular weight is 300 g/mol. The molecule has 0 aliphatic heterocycles. The fraction of sp³-hybridized carbons (Fsp3) is 0.571. The minimum absolute atomic E-state index is 0.114. The third-order valence-electron chi connectivity index (χ3n) is 3.74. The van der Waals surface area contributed by atoms with Crippen molar-refractivity contribution in [3.63, 3.8) is 0 Å². The van der Waals surface area contributed by atoms with E-state index in [2.05, 4.69) is 21.2 Å². The molecule has 1 aromatic rings. The molecular weight excluding hydrogens is 281 g/mol. The van der Waals surface area contributed by atoms with Gasteiger partial charge in [0.15, 0.2) is 0 Å². The lowest BCUT2D eigenvalue weighted by Crippen LogP contribution is -2.20. The van der Waals surface area contributed by atoms with Gasteiger partial charge in [-0.15, -0.1) is 0 Å². The van der Waals surface area contributed by atoms with Gasteiger partial charge in [0.05, 0.1) is 0 Å². The standard InChI is InChI=1S/C14H19BrFN/c1-17-13(9-10-5-2-3-6-10)14-11(15)7-4-8-12(14)16/h4,7-8,10,13,17H,2-3,5-6,9H2,1H3. The Hall–Kier alpha value is -0.410. The quantitative estimate of drug-likeness (QED) is 0.867. The number of hydrogen-bond donors (Lipinski definition) is 1. The molecule has 0 heterocycles. The van der Waals surface area contributed by atoms with Gasteiger partial charge < -0.3 is 5.32 Å². The monoisotopic (exact) mass is 299 g/mol. The maximum absolute atomic E-state index is 13.9. The van der Waals surface area contributed by atoms with E-state index in [-0.39, 0.29) is 11.9 Å². The lowest BCUT2D eigenvalue weighted by molar-refractivity contribution is 0.402. The van der Waals surface area contributed by atoms with E-state index in [1.807, 2.05) is 13.1 Å². The predicted octanol–water partition coefficient (Wildman–Crippen LogP) is 4.43. The molecule has 2 rings (SSSR count). The summed E-state index contributed by atoms with van der Waals surface area (Å²) < 4.78 is 14.8. The first-order valence-electron chi connectivity index (χ1n) is 6.33. The van der Waals surface area contributed by atoms with E-state index in [1.165, 1.54) is 25.7 Å². The van der Waals surface area contributed by atoms with Gasteiger partial charge in [0.2, 0.25) is 0 Å². The van der Waals surface area contributed by atoms with Crippen LogP contribution in [0.5, 0.6) is 0 Å². The summed E-state index contributed by atoms with van der Waals surface area (Å²) in [6.07, 6.45) is 6.30. The van der Waals surface area contributed by atoms with E-state index in [9.17, 15) is 4.39 Å². The van der Waals surface area contributed by atoms with Gasteiger partial charge in [0.1, 0.15) is 5.82 Å². The van der Waals surface area contributed by atoms with Crippen LogP contribution in [-0.2, 0) is 0 Å². The summed E-state index contributed by atoms with van der Waals surface area (Å²) in [5.74, 6) is 0.635. The SMILES string of the molecule is CNC(CC1CCCC1)c1c(F)cccc1Br. The zero-order valence-electron chi connectivity index (χ0n) is 10.2. The van der Waals surface area contributed by atoms with Crippen LogP contribution in [0.25, 0.3) is 0 Å². The van der Waals surface area contributed by atoms with E-state index in [0.717, 1.165) is 22.4 Å². The highest BCUT2D eigenvalue weighted by Crippen LogP contribution is 2.35. The van der Waals surface area contributed by atoms with Crippen LogP contribution in [0.2, 0.25) is 0 Å². The Bertz CT molecular complexity index is 354. The van der Waals surface area contributed by atoms with Gasteiger partial charge in [-0.25, -0.2) is 4.39 Å². The summed E-state index contributed by atoms with van der Waals surface area (Å²) in [4.78, 5) is 0. The molecule has 0 aromatic heterocycles. The highest BCUT2D eigenvalue weighted by Gasteiger charge is 2.23. The Morgan fingerprint density at radius 2 is 2.12 bits per heavy atom. The highest BCUT2D eigenvalue weighted by atomic mass is 79.9. The molecule has 1 nitrogen and oxygen atoms in total. The van der Waals surface area contributed by atoms with Crippen molar-refractivity contribution in [2.24, 2.45) is 5.92 Å². The molecule has 1 aliphatic carbocycles. The van der Waals surface area contributed by atoms with Crippen molar-refractivity contribution < 1.29 is 4.39 Å². The van der Waals surface area contributed by atoms with Crippen LogP contribution in [0.15, 0.2) is 22.7 Å². The molecule has 0 spiro atoms. The zero-order chi connectivity index (χ0) is 12.3. The van der Waals surface area contributed by atoms with Gasteiger partial charge in [-0.2, -0.15) is 0 Å². The lowest BCUT2D eigenvalue weighted by atomic mass is 9.93. The number of nitrogens with one attached hydrogen (secondary N) is 1. The van der Waals surface area contributed by atoms with Crippen molar-refractivity contribution in [2.75, 3.05) is 7.05 Å². The minimum Gasteiger partial charge on any atom is -0.313 e. The molecular formula is C14H19BrFN. The average Bonchev–Trinajstić information content (AvgIpc) is 2.80. The van der Waals surface area contributed by atoms with E-state index < -0.39 is 0 Å². The van der Waals surface area contributed by atoms with Gasteiger partial charge in [-0.05, 0) is 31.5 Å². The number of halogens is 2. The van der Waals surface area contributed by atoms with Crippen molar-refractivity contribution in [3.8, 4) is 0 Å². The van der Waals surface area contributed by atoms with Crippen molar-refractivity contribution >= 4 is 15.9 Å². The van der Waals surface area contributed by atoms with Gasteiger partial charge in [0.25, 0.3) is 0 Å². The van der Waals surface area contributed by atoms with E-state index in [4.69, 9.17) is 0 Å². The summed E-state index contributed by atoms with van der Waals surface area (Å²) in [6, 6.07) is 5.32. The van der Waals surface area contributed by atoms with Crippen LogP contribution >= 0.6 is 15.9 Å². The highest BCUT2D eigenvalue weighted by molar-refractivity contribution is 9.10.